The number of fused-ring (bicyclic) bond motifs is 4. The van der Waals surface area contributed by atoms with E-state index >= 15 is 0 Å². The fourth-order valence-corrected chi connectivity index (χ4v) is 2.65. The first kappa shape index (κ1) is 12.9. The molecule has 2 heterocycles. The van der Waals surface area contributed by atoms with Crippen molar-refractivity contribution in [2.45, 2.75) is 20.3 Å². The molecule has 0 saturated carbocycles. The maximum atomic E-state index is 11.6. The average Bonchev–Trinajstić information content (AvgIpc) is 2.88. The fraction of sp³-hybridized carbons (Fsp3) is 0.462. The highest BCUT2D eigenvalue weighted by molar-refractivity contribution is 5.74. The maximum Gasteiger partial charge on any atom is 0.494 e. The van der Waals surface area contributed by atoms with Crippen molar-refractivity contribution >= 4 is 16.7 Å². The Morgan fingerprint density at radius 1 is 1.35 bits per heavy atom. The van der Waals surface area contributed by atoms with Crippen LogP contribution in [0.5, 0.6) is 0 Å². The molecule has 7 nitrogen and oxygen atoms in total. The van der Waals surface area contributed by atoms with Crippen LogP contribution in [0.25, 0.3) is 11.0 Å². The smallest absolute Gasteiger partial charge is 0.304 e. The van der Waals surface area contributed by atoms with Crippen LogP contribution in [-0.4, -0.2) is 29.5 Å². The van der Waals surface area contributed by atoms with Crippen LogP contribution in [0, 0.1) is 0 Å². The van der Waals surface area contributed by atoms with Crippen LogP contribution in [0.3, 0.4) is 0 Å². The summed E-state index contributed by atoms with van der Waals surface area (Å²) in [7, 11) is 0. The first-order chi connectivity index (χ1) is 9.72. The summed E-state index contributed by atoms with van der Waals surface area (Å²) in [6.07, 6.45) is 0.877. The van der Waals surface area contributed by atoms with Crippen molar-refractivity contribution < 1.29 is 4.98 Å². The van der Waals surface area contributed by atoms with Crippen LogP contribution in [0.15, 0.2) is 16.0 Å². The summed E-state index contributed by atoms with van der Waals surface area (Å²) in [6.45, 7) is 7.33. The van der Waals surface area contributed by atoms with Crippen molar-refractivity contribution in [2.24, 2.45) is 5.10 Å². The van der Waals surface area contributed by atoms with Gasteiger partial charge in [-0.25, -0.2) is 15.5 Å². The molecule has 0 saturated heterocycles. The SMILES string of the molecule is CCN(CC)CCc1c2cc3c(c1[nH+]c(=O)[nH]2)=NNN3. The van der Waals surface area contributed by atoms with Crippen molar-refractivity contribution in [3.63, 3.8) is 0 Å². The lowest BCUT2D eigenvalue weighted by molar-refractivity contribution is -0.372. The number of rotatable bonds is 5. The van der Waals surface area contributed by atoms with E-state index in [0.717, 1.165) is 53.7 Å². The molecule has 7 heteroatoms. The molecule has 2 aromatic rings. The highest BCUT2D eigenvalue weighted by Crippen LogP contribution is 2.16. The predicted octanol–water partition coefficient (Wildman–Crippen LogP) is -0.590. The summed E-state index contributed by atoms with van der Waals surface area (Å²) in [5.41, 5.74) is 9.16. The molecule has 0 aliphatic carbocycles. The number of nitrogens with one attached hydrogen (secondary N) is 4. The molecule has 0 spiro atoms. The van der Waals surface area contributed by atoms with E-state index in [2.05, 4.69) is 44.8 Å². The quantitative estimate of drug-likeness (QED) is 0.681. The Morgan fingerprint density at radius 3 is 2.90 bits per heavy atom. The molecule has 3 rings (SSSR count). The lowest BCUT2D eigenvalue weighted by atomic mass is 10.1. The normalized spacial score (nSPS) is 13.2. The number of likely N-dealkylation sites (N-methyl/N-ethyl adjacent to an activating group) is 1. The Kier molecular flexibility index (Phi) is 3.27. The third-order valence-electron chi connectivity index (χ3n) is 3.82. The zero-order chi connectivity index (χ0) is 14.1. The van der Waals surface area contributed by atoms with Crippen molar-refractivity contribution in [2.75, 3.05) is 25.1 Å². The Labute approximate surface area is 116 Å². The molecule has 0 unspecified atom stereocenters. The minimum atomic E-state index is -0.202. The van der Waals surface area contributed by atoms with Crippen LogP contribution in [-0.2, 0) is 6.42 Å². The molecule has 20 heavy (non-hydrogen) atoms. The number of hydrazine groups is 1. The number of anilines is 1. The van der Waals surface area contributed by atoms with Crippen LogP contribution < -0.4 is 27.0 Å². The van der Waals surface area contributed by atoms with E-state index in [4.69, 9.17) is 0 Å². The first-order valence-electron chi connectivity index (χ1n) is 6.95. The van der Waals surface area contributed by atoms with Gasteiger partial charge < -0.3 is 4.90 Å². The Bertz CT molecular complexity index is 733. The van der Waals surface area contributed by atoms with Crippen molar-refractivity contribution in [3.05, 3.63) is 27.5 Å². The summed E-state index contributed by atoms with van der Waals surface area (Å²) in [5, 5.41) is 4.97. The van der Waals surface area contributed by atoms with Gasteiger partial charge in [0.1, 0.15) is 5.52 Å². The second-order valence-corrected chi connectivity index (χ2v) is 4.88. The third kappa shape index (κ3) is 2.09. The molecule has 1 aromatic carbocycles. The van der Waals surface area contributed by atoms with E-state index in [1.807, 2.05) is 6.07 Å². The minimum absolute atomic E-state index is 0.202. The van der Waals surface area contributed by atoms with Gasteiger partial charge in [0.25, 0.3) is 0 Å². The summed E-state index contributed by atoms with van der Waals surface area (Å²) in [6, 6.07) is 1.93. The second-order valence-electron chi connectivity index (χ2n) is 4.88. The topological polar surface area (TPSA) is 86.7 Å². The predicted molar refractivity (Wildman–Crippen MR) is 76.1 cm³/mol. The van der Waals surface area contributed by atoms with Gasteiger partial charge in [0.2, 0.25) is 0 Å². The number of nitrogens with zero attached hydrogens (tertiary/aromatic N) is 2. The molecule has 1 aliphatic rings. The number of aromatic amines is 2. The highest BCUT2D eigenvalue weighted by Gasteiger charge is 2.20. The van der Waals surface area contributed by atoms with Crippen molar-refractivity contribution in [1.29, 1.82) is 0 Å². The molecule has 1 aromatic heterocycles. The molecular formula is C13H19N6O+. The van der Waals surface area contributed by atoms with Crippen LogP contribution in [0.1, 0.15) is 19.4 Å². The molecule has 106 valence electrons. The lowest BCUT2D eigenvalue weighted by Crippen LogP contribution is -2.36. The van der Waals surface area contributed by atoms with E-state index in [-0.39, 0.29) is 5.69 Å². The van der Waals surface area contributed by atoms with Gasteiger partial charge in [0.05, 0.1) is 5.69 Å². The molecule has 0 amide bonds. The number of benzene rings is 1. The standard InChI is InChI=1S/C13H18N6O/c1-3-19(4-2)6-5-8-9-7-10-12(17-18-16-10)11(8)15-13(20)14-9/h7,16,18H,3-6H2,1-2H3,(H,14,15,20)/p+1. The molecule has 0 fully saturated rings. The second kappa shape index (κ2) is 5.09. The van der Waals surface area contributed by atoms with Crippen LogP contribution >= 0.6 is 0 Å². The lowest BCUT2D eigenvalue weighted by Gasteiger charge is -2.17. The van der Waals surface area contributed by atoms with Gasteiger partial charge in [-0.2, -0.15) is 9.90 Å². The number of hydrogen-bond donors (Lipinski definition) is 3. The first-order valence-corrected chi connectivity index (χ1v) is 6.95. The van der Waals surface area contributed by atoms with Crippen molar-refractivity contribution in [1.82, 2.24) is 15.4 Å². The molecule has 0 radical (unpaired) electrons. The van der Waals surface area contributed by atoms with E-state index in [9.17, 15) is 4.79 Å². The molecule has 1 aliphatic heterocycles. The van der Waals surface area contributed by atoms with Gasteiger partial charge >= 0.3 is 5.69 Å². The Balaban J connectivity index is 2.05. The van der Waals surface area contributed by atoms with Gasteiger partial charge in [0, 0.05) is 18.2 Å². The molecule has 2 bridgehead atoms. The largest absolute Gasteiger partial charge is 0.494 e. The number of H-pyrrole nitrogens is 2. The average molecular weight is 275 g/mol. The highest BCUT2D eigenvalue weighted by atomic mass is 16.1. The van der Waals surface area contributed by atoms with Gasteiger partial charge in [-0.15, -0.1) is 0 Å². The molecular weight excluding hydrogens is 256 g/mol. The van der Waals surface area contributed by atoms with E-state index < -0.39 is 0 Å². The maximum absolute atomic E-state index is 11.6. The van der Waals surface area contributed by atoms with Gasteiger partial charge in [0.15, 0.2) is 10.9 Å². The zero-order valence-electron chi connectivity index (χ0n) is 11.7. The minimum Gasteiger partial charge on any atom is -0.304 e. The number of aromatic nitrogens is 2. The van der Waals surface area contributed by atoms with E-state index in [0.29, 0.717) is 0 Å². The summed E-state index contributed by atoms with van der Waals surface area (Å²) in [5.74, 6) is 0. The van der Waals surface area contributed by atoms with Crippen molar-refractivity contribution in [3.8, 4) is 0 Å². The van der Waals surface area contributed by atoms with Gasteiger partial charge in [-0.1, -0.05) is 13.8 Å². The van der Waals surface area contributed by atoms with Gasteiger partial charge in [-0.05, 0) is 19.5 Å². The molecule has 4 N–H and O–H groups in total. The summed E-state index contributed by atoms with van der Waals surface area (Å²) >= 11 is 0. The third-order valence-corrected chi connectivity index (χ3v) is 3.82. The van der Waals surface area contributed by atoms with E-state index in [1.165, 1.54) is 0 Å². The number of hydrogen-bond acceptors (Lipinski definition) is 5. The zero-order valence-corrected chi connectivity index (χ0v) is 11.7. The van der Waals surface area contributed by atoms with Crippen LogP contribution in [0.4, 0.5) is 5.69 Å². The Morgan fingerprint density at radius 2 is 2.15 bits per heavy atom. The summed E-state index contributed by atoms with van der Waals surface area (Å²) < 4.78 is 0. The van der Waals surface area contributed by atoms with E-state index in [1.54, 1.807) is 0 Å². The molecule has 0 atom stereocenters. The van der Waals surface area contributed by atoms with Crippen LogP contribution in [0.2, 0.25) is 0 Å². The summed E-state index contributed by atoms with van der Waals surface area (Å²) in [4.78, 5) is 19.7. The van der Waals surface area contributed by atoms with Gasteiger partial charge in [-0.3, -0.25) is 5.43 Å². The monoisotopic (exact) mass is 275 g/mol. The Hall–Kier alpha value is -2.15. The fourth-order valence-electron chi connectivity index (χ4n) is 2.65.